The van der Waals surface area contributed by atoms with Gasteiger partial charge in [-0.2, -0.15) is 11.8 Å². The number of nitrogens with zero attached hydrogens (tertiary/aromatic N) is 1. The summed E-state index contributed by atoms with van der Waals surface area (Å²) in [5, 5.41) is 0. The number of thioether (sulfide) groups is 1. The van der Waals surface area contributed by atoms with Crippen LogP contribution in [0.4, 0.5) is 4.79 Å². The Bertz CT molecular complexity index is 337. The topological polar surface area (TPSA) is 55.6 Å². The number of amides is 1. The Morgan fingerprint density at radius 1 is 1.25 bits per heavy atom. The Morgan fingerprint density at radius 2 is 1.90 bits per heavy atom. The van der Waals surface area contributed by atoms with Crippen molar-refractivity contribution >= 4 is 17.9 Å². The molecule has 1 amide bonds. The van der Waals surface area contributed by atoms with Crippen LogP contribution in [0, 0.1) is 11.8 Å². The predicted octanol–water partition coefficient (Wildman–Crippen LogP) is 2.71. The number of piperidine rings is 1. The summed E-state index contributed by atoms with van der Waals surface area (Å²) in [5.74, 6) is 3.87. The van der Waals surface area contributed by atoms with Gasteiger partial charge in [0.05, 0.1) is 0 Å². The van der Waals surface area contributed by atoms with Gasteiger partial charge in [0.2, 0.25) is 0 Å². The van der Waals surface area contributed by atoms with E-state index >= 15 is 0 Å². The number of hydrogen-bond donors (Lipinski definition) is 1. The number of ether oxygens (including phenoxy) is 1. The van der Waals surface area contributed by atoms with Crippen molar-refractivity contribution in [3.05, 3.63) is 0 Å². The lowest BCUT2D eigenvalue weighted by Crippen LogP contribution is -2.53. The van der Waals surface area contributed by atoms with Crippen molar-refractivity contribution in [1.29, 1.82) is 0 Å². The van der Waals surface area contributed by atoms with E-state index in [0.717, 1.165) is 18.9 Å². The minimum absolute atomic E-state index is 0.101. The molecule has 116 valence electrons. The first-order chi connectivity index (χ1) is 9.37. The van der Waals surface area contributed by atoms with Crippen molar-refractivity contribution < 1.29 is 9.53 Å². The van der Waals surface area contributed by atoms with Crippen molar-refractivity contribution in [2.24, 2.45) is 17.6 Å². The minimum atomic E-state index is -0.432. The molecule has 5 heteroatoms. The van der Waals surface area contributed by atoms with Crippen molar-refractivity contribution in [2.45, 2.75) is 51.7 Å². The molecule has 2 aliphatic rings. The summed E-state index contributed by atoms with van der Waals surface area (Å²) in [6, 6.07) is 0.101. The van der Waals surface area contributed by atoms with Gasteiger partial charge in [0.1, 0.15) is 5.60 Å². The molecule has 0 radical (unpaired) electrons. The van der Waals surface area contributed by atoms with E-state index in [4.69, 9.17) is 10.5 Å². The van der Waals surface area contributed by atoms with Crippen LogP contribution in [0.3, 0.4) is 0 Å². The van der Waals surface area contributed by atoms with Crippen LogP contribution in [0.1, 0.15) is 40.0 Å². The highest BCUT2D eigenvalue weighted by Crippen LogP contribution is 2.34. The van der Waals surface area contributed by atoms with Gasteiger partial charge in [-0.3, -0.25) is 0 Å². The first-order valence-electron chi connectivity index (χ1n) is 7.68. The van der Waals surface area contributed by atoms with Gasteiger partial charge >= 0.3 is 6.09 Å². The van der Waals surface area contributed by atoms with Gasteiger partial charge in [0, 0.05) is 19.1 Å². The summed E-state index contributed by atoms with van der Waals surface area (Å²) in [6.45, 7) is 7.13. The normalized spacial score (nSPS) is 29.3. The molecule has 0 bridgehead atoms. The summed E-state index contributed by atoms with van der Waals surface area (Å²) in [7, 11) is 0. The maximum atomic E-state index is 12.1. The van der Waals surface area contributed by atoms with Gasteiger partial charge < -0.3 is 15.4 Å². The molecule has 2 heterocycles. The molecular weight excluding hydrogens is 272 g/mol. The molecule has 2 saturated heterocycles. The quantitative estimate of drug-likeness (QED) is 0.809. The van der Waals surface area contributed by atoms with E-state index < -0.39 is 5.60 Å². The zero-order chi connectivity index (χ0) is 14.8. The number of hydrogen-bond acceptors (Lipinski definition) is 4. The minimum Gasteiger partial charge on any atom is -0.444 e. The molecule has 2 fully saturated rings. The van der Waals surface area contributed by atoms with Gasteiger partial charge in [-0.25, -0.2) is 4.79 Å². The Labute approximate surface area is 126 Å². The monoisotopic (exact) mass is 300 g/mol. The van der Waals surface area contributed by atoms with E-state index in [-0.39, 0.29) is 12.1 Å². The highest BCUT2D eigenvalue weighted by atomic mass is 32.2. The molecule has 4 nitrogen and oxygen atoms in total. The van der Waals surface area contributed by atoms with Crippen LogP contribution < -0.4 is 5.73 Å². The second-order valence-corrected chi connectivity index (χ2v) is 8.22. The third-order valence-corrected chi connectivity index (χ3v) is 5.29. The molecule has 0 saturated carbocycles. The van der Waals surface area contributed by atoms with Crippen LogP contribution >= 0.6 is 11.8 Å². The summed E-state index contributed by atoms with van der Waals surface area (Å²) in [5.41, 5.74) is 5.91. The third-order valence-electron chi connectivity index (χ3n) is 4.24. The lowest BCUT2D eigenvalue weighted by Gasteiger charge is -2.41. The van der Waals surface area contributed by atoms with Crippen molar-refractivity contribution in [1.82, 2.24) is 4.90 Å². The molecule has 0 aromatic heterocycles. The van der Waals surface area contributed by atoms with E-state index in [1.165, 1.54) is 24.3 Å². The average Bonchev–Trinajstić information content (AvgIpc) is 2.37. The maximum absolute atomic E-state index is 12.1. The number of carbonyl (C=O) groups excluding carboxylic acids is 1. The average molecular weight is 300 g/mol. The van der Waals surface area contributed by atoms with Crippen LogP contribution in [0.2, 0.25) is 0 Å². The molecule has 20 heavy (non-hydrogen) atoms. The molecule has 0 aromatic carbocycles. The summed E-state index contributed by atoms with van der Waals surface area (Å²) >= 11 is 2.05. The number of nitrogens with two attached hydrogens (primary N) is 1. The van der Waals surface area contributed by atoms with Crippen molar-refractivity contribution in [3.63, 3.8) is 0 Å². The lowest BCUT2D eigenvalue weighted by molar-refractivity contribution is 0.0124. The fourth-order valence-electron chi connectivity index (χ4n) is 3.22. The molecule has 2 atom stereocenters. The zero-order valence-corrected chi connectivity index (χ0v) is 13.7. The lowest BCUT2D eigenvalue weighted by atomic mass is 9.78. The second kappa shape index (κ2) is 6.56. The van der Waals surface area contributed by atoms with E-state index in [0.29, 0.717) is 12.5 Å². The van der Waals surface area contributed by atoms with Gasteiger partial charge in [0.25, 0.3) is 0 Å². The SMILES string of the molecule is CC(C)(C)OC(=O)N1CCC(C2CCSCC2)C(N)C1. The summed E-state index contributed by atoms with van der Waals surface area (Å²) < 4.78 is 5.43. The molecular formula is C15H28N2O2S. The van der Waals surface area contributed by atoms with E-state index in [2.05, 4.69) is 11.8 Å². The van der Waals surface area contributed by atoms with Crippen LogP contribution in [-0.2, 0) is 4.74 Å². The Morgan fingerprint density at radius 3 is 2.45 bits per heavy atom. The zero-order valence-electron chi connectivity index (χ0n) is 12.9. The first kappa shape index (κ1) is 16.0. The number of likely N-dealkylation sites (tertiary alicyclic amines) is 1. The first-order valence-corrected chi connectivity index (χ1v) is 8.83. The van der Waals surface area contributed by atoms with Gasteiger partial charge in [0.15, 0.2) is 0 Å². The third kappa shape index (κ3) is 4.29. The predicted molar refractivity (Wildman–Crippen MR) is 83.9 cm³/mol. The van der Waals surface area contributed by atoms with Crippen LogP contribution in [0.5, 0.6) is 0 Å². The van der Waals surface area contributed by atoms with Crippen LogP contribution in [0.25, 0.3) is 0 Å². The maximum Gasteiger partial charge on any atom is 0.410 e. The summed E-state index contributed by atoms with van der Waals surface area (Å²) in [4.78, 5) is 13.9. The molecule has 2 aliphatic heterocycles. The second-order valence-electron chi connectivity index (χ2n) is 6.99. The number of carbonyl (C=O) groups is 1. The molecule has 0 aliphatic carbocycles. The van der Waals surface area contributed by atoms with Crippen LogP contribution in [0.15, 0.2) is 0 Å². The fraction of sp³-hybridized carbons (Fsp3) is 0.933. The highest BCUT2D eigenvalue weighted by molar-refractivity contribution is 7.99. The van der Waals surface area contributed by atoms with Gasteiger partial charge in [-0.05, 0) is 63.4 Å². The van der Waals surface area contributed by atoms with E-state index in [9.17, 15) is 4.79 Å². The van der Waals surface area contributed by atoms with Crippen molar-refractivity contribution in [3.8, 4) is 0 Å². The standard InChI is InChI=1S/C15H28N2O2S/c1-15(2,3)19-14(18)17-7-4-12(13(16)10-17)11-5-8-20-9-6-11/h11-13H,4-10,16H2,1-3H3. The van der Waals surface area contributed by atoms with E-state index in [1.54, 1.807) is 4.90 Å². The Hall–Kier alpha value is -0.420. The molecule has 0 spiro atoms. The van der Waals surface area contributed by atoms with Gasteiger partial charge in [-0.15, -0.1) is 0 Å². The fourth-order valence-corrected chi connectivity index (χ4v) is 4.36. The molecule has 0 aromatic rings. The molecule has 2 rings (SSSR count). The molecule has 2 N–H and O–H groups in total. The number of rotatable bonds is 1. The molecule has 2 unspecified atom stereocenters. The smallest absolute Gasteiger partial charge is 0.410 e. The highest BCUT2D eigenvalue weighted by Gasteiger charge is 2.35. The van der Waals surface area contributed by atoms with Crippen molar-refractivity contribution in [2.75, 3.05) is 24.6 Å². The van der Waals surface area contributed by atoms with E-state index in [1.807, 2.05) is 20.8 Å². The Balaban J connectivity index is 1.86. The Kier molecular flexibility index (Phi) is 5.24. The largest absolute Gasteiger partial charge is 0.444 e. The van der Waals surface area contributed by atoms with Crippen LogP contribution in [-0.4, -0.2) is 47.2 Å². The summed E-state index contributed by atoms with van der Waals surface area (Å²) in [6.07, 6.45) is 3.38. The van der Waals surface area contributed by atoms with Gasteiger partial charge in [-0.1, -0.05) is 0 Å².